The lowest BCUT2D eigenvalue weighted by Gasteiger charge is -2.34. The first kappa shape index (κ1) is 21.0. The molecule has 0 aliphatic carbocycles. The highest BCUT2D eigenvalue weighted by atomic mass is 32.1. The van der Waals surface area contributed by atoms with Crippen LogP contribution in [0.1, 0.15) is 40.8 Å². The third-order valence-corrected chi connectivity index (χ3v) is 5.91. The van der Waals surface area contributed by atoms with Crippen LogP contribution in [0.2, 0.25) is 0 Å². The zero-order chi connectivity index (χ0) is 20.8. The molecule has 9 heteroatoms. The van der Waals surface area contributed by atoms with Crippen LogP contribution in [0.4, 0.5) is 16.3 Å². The van der Waals surface area contributed by atoms with Crippen molar-refractivity contribution in [1.29, 1.82) is 0 Å². The number of carbonyl (C=O) groups is 2. The number of nitrogens with one attached hydrogen (secondary N) is 3. The maximum absolute atomic E-state index is 11.7. The van der Waals surface area contributed by atoms with Gasteiger partial charge in [0.2, 0.25) is 0 Å². The van der Waals surface area contributed by atoms with Gasteiger partial charge in [0.15, 0.2) is 0 Å². The zero-order valence-corrected chi connectivity index (χ0v) is 17.9. The Bertz CT molecular complexity index is 860. The van der Waals surface area contributed by atoms with Gasteiger partial charge in [-0.3, -0.25) is 10.1 Å². The molecule has 2 aromatic heterocycles. The van der Waals surface area contributed by atoms with Crippen LogP contribution in [-0.4, -0.2) is 48.0 Å². The predicted octanol–water partition coefficient (Wildman–Crippen LogP) is 2.81. The molecule has 3 amide bonds. The summed E-state index contributed by atoms with van der Waals surface area (Å²) in [5, 5.41) is 8.07. The molecule has 1 fully saturated rings. The van der Waals surface area contributed by atoms with Crippen LogP contribution in [-0.2, 0) is 6.42 Å². The van der Waals surface area contributed by atoms with Crippen molar-refractivity contribution in [1.82, 2.24) is 20.0 Å². The lowest BCUT2D eigenvalue weighted by molar-refractivity contribution is 0.0958. The van der Waals surface area contributed by atoms with E-state index in [0.29, 0.717) is 24.0 Å². The Morgan fingerprint density at radius 1 is 1.28 bits per heavy atom. The van der Waals surface area contributed by atoms with Crippen LogP contribution in [0.25, 0.3) is 0 Å². The molecule has 0 bridgehead atoms. The highest BCUT2D eigenvalue weighted by Crippen LogP contribution is 2.29. The zero-order valence-electron chi connectivity index (χ0n) is 17.1. The van der Waals surface area contributed by atoms with Gasteiger partial charge in [-0.25, -0.2) is 9.78 Å². The van der Waals surface area contributed by atoms with Crippen LogP contribution in [0.5, 0.6) is 0 Å². The molecule has 0 atom stereocenters. The van der Waals surface area contributed by atoms with Crippen LogP contribution < -0.4 is 20.9 Å². The van der Waals surface area contributed by atoms with E-state index in [2.05, 4.69) is 30.2 Å². The summed E-state index contributed by atoms with van der Waals surface area (Å²) in [5.41, 5.74) is 2.43. The average Bonchev–Trinajstić information content (AvgIpc) is 3.14. The Morgan fingerprint density at radius 3 is 2.69 bits per heavy atom. The summed E-state index contributed by atoms with van der Waals surface area (Å²) in [4.78, 5) is 31.3. The summed E-state index contributed by atoms with van der Waals surface area (Å²) in [7, 11) is 1.61. The molecule has 0 unspecified atom stereocenters. The topological polar surface area (TPSA) is 99.2 Å². The minimum Gasteiger partial charge on any atom is -0.370 e. The second-order valence-electron chi connectivity index (χ2n) is 7.18. The number of anilines is 2. The van der Waals surface area contributed by atoms with Gasteiger partial charge in [-0.2, -0.15) is 4.37 Å². The molecular weight excluding hydrogens is 388 g/mol. The summed E-state index contributed by atoms with van der Waals surface area (Å²) < 4.78 is 4.33. The van der Waals surface area contributed by atoms with Crippen molar-refractivity contribution in [3.63, 3.8) is 0 Å². The lowest BCUT2D eigenvalue weighted by atomic mass is 9.92. The molecular formula is C20H28N6O2S. The van der Waals surface area contributed by atoms with Gasteiger partial charge in [-0.15, -0.1) is 0 Å². The molecule has 29 heavy (non-hydrogen) atoms. The maximum Gasteiger partial charge on any atom is 0.320 e. The van der Waals surface area contributed by atoms with E-state index >= 15 is 0 Å². The van der Waals surface area contributed by atoms with Gasteiger partial charge in [0.25, 0.3) is 5.91 Å². The Balaban J connectivity index is 1.53. The molecule has 8 nitrogen and oxygen atoms in total. The summed E-state index contributed by atoms with van der Waals surface area (Å²) in [6.45, 7) is 6.36. The number of urea groups is 1. The number of amides is 3. The second-order valence-corrected chi connectivity index (χ2v) is 8.07. The molecule has 3 heterocycles. The van der Waals surface area contributed by atoms with E-state index < -0.39 is 0 Å². The summed E-state index contributed by atoms with van der Waals surface area (Å²) in [6, 6.07) is 5.53. The number of hydrogen-bond donors (Lipinski definition) is 3. The first-order valence-corrected chi connectivity index (χ1v) is 10.7. The standard InChI is InChI=1S/C20H28N6O2S/c1-4-22-20(28)24-18-12-15(29-25-18)11-14-7-9-26(10-8-14)17-6-5-16(19(27)21-3)23-13(17)2/h5-6,12,14H,4,7-11H2,1-3H3,(H,21,27)(H2,22,24,25,28). The van der Waals surface area contributed by atoms with E-state index in [0.717, 1.165) is 43.7 Å². The van der Waals surface area contributed by atoms with Gasteiger partial charge in [-0.05, 0) is 68.8 Å². The third-order valence-electron chi connectivity index (χ3n) is 5.10. The van der Waals surface area contributed by atoms with Crippen molar-refractivity contribution in [2.75, 3.05) is 36.9 Å². The van der Waals surface area contributed by atoms with Gasteiger partial charge in [-0.1, -0.05) is 0 Å². The van der Waals surface area contributed by atoms with Gasteiger partial charge < -0.3 is 15.5 Å². The number of carbonyl (C=O) groups excluding carboxylic acids is 2. The fourth-order valence-electron chi connectivity index (χ4n) is 3.59. The first-order chi connectivity index (χ1) is 14.0. The van der Waals surface area contributed by atoms with Crippen molar-refractivity contribution in [3.05, 3.63) is 34.5 Å². The van der Waals surface area contributed by atoms with Gasteiger partial charge in [0, 0.05) is 31.6 Å². The van der Waals surface area contributed by atoms with Crippen LogP contribution in [0, 0.1) is 12.8 Å². The Morgan fingerprint density at radius 2 is 2.03 bits per heavy atom. The summed E-state index contributed by atoms with van der Waals surface area (Å²) in [5.74, 6) is 1.05. The van der Waals surface area contributed by atoms with E-state index in [-0.39, 0.29) is 11.9 Å². The molecule has 0 aromatic carbocycles. The van der Waals surface area contributed by atoms with Gasteiger partial charge in [0.05, 0.1) is 11.4 Å². The average molecular weight is 417 g/mol. The number of hydrogen-bond acceptors (Lipinski definition) is 6. The van der Waals surface area contributed by atoms with Crippen LogP contribution in [0.3, 0.4) is 0 Å². The van der Waals surface area contributed by atoms with Crippen LogP contribution >= 0.6 is 11.5 Å². The van der Waals surface area contributed by atoms with Gasteiger partial charge >= 0.3 is 6.03 Å². The van der Waals surface area contributed by atoms with Crippen molar-refractivity contribution in [2.45, 2.75) is 33.1 Å². The molecule has 0 spiro atoms. The first-order valence-electron chi connectivity index (χ1n) is 9.95. The number of pyridine rings is 1. The molecule has 1 saturated heterocycles. The molecule has 3 N–H and O–H groups in total. The van der Waals surface area contributed by atoms with Gasteiger partial charge in [0.1, 0.15) is 11.5 Å². The molecule has 3 rings (SSSR count). The fraction of sp³-hybridized carbons (Fsp3) is 0.500. The summed E-state index contributed by atoms with van der Waals surface area (Å²) in [6.07, 6.45) is 3.16. The highest BCUT2D eigenvalue weighted by molar-refractivity contribution is 7.06. The Kier molecular flexibility index (Phi) is 7.03. The minimum absolute atomic E-state index is 0.163. The van der Waals surface area contributed by atoms with Crippen molar-refractivity contribution in [3.8, 4) is 0 Å². The molecule has 1 aliphatic heterocycles. The number of rotatable bonds is 6. The largest absolute Gasteiger partial charge is 0.370 e. The van der Waals surface area contributed by atoms with E-state index in [4.69, 9.17) is 0 Å². The van der Waals surface area contributed by atoms with E-state index in [9.17, 15) is 9.59 Å². The third kappa shape index (κ3) is 5.44. The minimum atomic E-state index is -0.218. The van der Waals surface area contributed by atoms with Crippen LogP contribution in [0.15, 0.2) is 18.2 Å². The molecule has 1 aliphatic rings. The molecule has 0 saturated carbocycles. The quantitative estimate of drug-likeness (QED) is 0.672. The normalized spacial score (nSPS) is 14.5. The predicted molar refractivity (Wildman–Crippen MR) is 116 cm³/mol. The number of piperidine rings is 1. The second kappa shape index (κ2) is 9.69. The highest BCUT2D eigenvalue weighted by Gasteiger charge is 2.22. The fourth-order valence-corrected chi connectivity index (χ4v) is 4.38. The molecule has 156 valence electrons. The Hall–Kier alpha value is -2.68. The monoisotopic (exact) mass is 416 g/mol. The number of aromatic nitrogens is 2. The smallest absolute Gasteiger partial charge is 0.320 e. The lowest BCUT2D eigenvalue weighted by Crippen LogP contribution is -2.35. The molecule has 0 radical (unpaired) electrons. The summed E-state index contributed by atoms with van der Waals surface area (Å²) >= 11 is 1.46. The maximum atomic E-state index is 11.7. The number of nitrogens with zero attached hydrogens (tertiary/aromatic N) is 3. The van der Waals surface area contributed by atoms with Crippen molar-refractivity contribution < 1.29 is 9.59 Å². The number of aryl methyl sites for hydroxylation is 1. The SMILES string of the molecule is CCNC(=O)Nc1cc(CC2CCN(c3ccc(C(=O)NC)nc3C)CC2)sn1. The van der Waals surface area contributed by atoms with E-state index in [1.54, 1.807) is 13.1 Å². The van der Waals surface area contributed by atoms with E-state index in [1.807, 2.05) is 26.0 Å². The van der Waals surface area contributed by atoms with E-state index in [1.165, 1.54) is 16.4 Å². The molecule has 2 aromatic rings. The van der Waals surface area contributed by atoms with Crippen molar-refractivity contribution >= 4 is 35.0 Å². The Labute approximate surface area is 175 Å². The van der Waals surface area contributed by atoms with Crippen molar-refractivity contribution in [2.24, 2.45) is 5.92 Å².